The summed E-state index contributed by atoms with van der Waals surface area (Å²) in [5.41, 5.74) is 0.295. The van der Waals surface area contributed by atoms with Crippen molar-refractivity contribution in [1.29, 1.82) is 0 Å². The Morgan fingerprint density at radius 1 is 1.24 bits per heavy atom. The number of nitrogens with zero attached hydrogens (tertiary/aromatic N) is 3. The van der Waals surface area contributed by atoms with Crippen LogP contribution < -0.4 is 5.32 Å². The van der Waals surface area contributed by atoms with Gasteiger partial charge in [-0.3, -0.25) is 9.59 Å². The Morgan fingerprint density at radius 2 is 1.92 bits per heavy atom. The molecule has 1 aromatic heterocycles. The number of carbonyl (C=O) groups is 2. The third-order valence-corrected chi connectivity index (χ3v) is 5.87. The van der Waals surface area contributed by atoms with Crippen molar-refractivity contribution in [3.63, 3.8) is 0 Å². The number of amides is 2. The third-order valence-electron chi connectivity index (χ3n) is 4.12. The number of hydrogen-bond acceptors (Lipinski definition) is 6. The molecule has 8 nitrogen and oxygen atoms in total. The Bertz CT molecular complexity index is 748. The molecule has 0 saturated carbocycles. The lowest BCUT2D eigenvalue weighted by Gasteiger charge is -2.23. The molecule has 1 aliphatic rings. The van der Waals surface area contributed by atoms with Crippen molar-refractivity contribution in [2.45, 2.75) is 12.5 Å². The van der Waals surface area contributed by atoms with Gasteiger partial charge in [-0.05, 0) is 32.6 Å². The van der Waals surface area contributed by atoms with Crippen LogP contribution in [-0.4, -0.2) is 86.8 Å². The number of likely N-dealkylation sites (N-methyl/N-ethyl adjacent to an activating group) is 1. The summed E-state index contributed by atoms with van der Waals surface area (Å²) in [4.78, 5) is 32.1. The van der Waals surface area contributed by atoms with Crippen molar-refractivity contribution in [2.24, 2.45) is 0 Å². The van der Waals surface area contributed by atoms with Crippen molar-refractivity contribution in [3.05, 3.63) is 29.6 Å². The fraction of sp³-hybridized carbons (Fsp3) is 0.562. The predicted octanol–water partition coefficient (Wildman–Crippen LogP) is -0.368. The summed E-state index contributed by atoms with van der Waals surface area (Å²) in [6.45, 7) is 1.18. The van der Waals surface area contributed by atoms with Crippen LogP contribution in [0.3, 0.4) is 0 Å². The van der Waals surface area contributed by atoms with Crippen LogP contribution in [0.25, 0.3) is 0 Å². The van der Waals surface area contributed by atoms with Gasteiger partial charge in [0, 0.05) is 26.2 Å². The maximum absolute atomic E-state index is 12.6. The first-order chi connectivity index (χ1) is 11.7. The van der Waals surface area contributed by atoms with E-state index in [0.29, 0.717) is 19.5 Å². The molecule has 1 saturated heterocycles. The SMILES string of the molecule is CN(C)CCNC(=O)c1cccc(C(=O)N(C)C2CCS(=O)(=O)C2)n1. The quantitative estimate of drug-likeness (QED) is 0.736. The summed E-state index contributed by atoms with van der Waals surface area (Å²) in [5.74, 6) is -0.663. The standard InChI is InChI=1S/C16H24N4O4S/c1-19(2)9-8-17-15(21)13-5-4-6-14(18-13)16(22)20(3)12-7-10-25(23,24)11-12/h4-6,12H,7-11H2,1-3H3,(H,17,21). The molecule has 0 aromatic carbocycles. The highest BCUT2D eigenvalue weighted by Gasteiger charge is 2.33. The second kappa shape index (κ2) is 7.92. The van der Waals surface area contributed by atoms with E-state index in [0.717, 1.165) is 0 Å². The Balaban J connectivity index is 2.04. The fourth-order valence-corrected chi connectivity index (χ4v) is 4.37. The molecule has 25 heavy (non-hydrogen) atoms. The molecule has 1 fully saturated rings. The number of carbonyl (C=O) groups excluding carboxylic acids is 2. The Labute approximate surface area is 148 Å². The van der Waals surface area contributed by atoms with Crippen LogP contribution in [-0.2, 0) is 9.84 Å². The molecular formula is C16H24N4O4S. The maximum atomic E-state index is 12.6. The van der Waals surface area contributed by atoms with Gasteiger partial charge in [-0.25, -0.2) is 13.4 Å². The number of aromatic nitrogens is 1. The van der Waals surface area contributed by atoms with Crippen LogP contribution >= 0.6 is 0 Å². The van der Waals surface area contributed by atoms with Crippen LogP contribution in [0, 0.1) is 0 Å². The van der Waals surface area contributed by atoms with E-state index in [9.17, 15) is 18.0 Å². The smallest absolute Gasteiger partial charge is 0.272 e. The highest BCUT2D eigenvalue weighted by atomic mass is 32.2. The van der Waals surface area contributed by atoms with E-state index in [1.807, 2.05) is 19.0 Å². The molecule has 0 bridgehead atoms. The maximum Gasteiger partial charge on any atom is 0.272 e. The molecule has 138 valence electrons. The van der Waals surface area contributed by atoms with E-state index < -0.39 is 9.84 Å². The molecule has 2 amide bonds. The molecule has 0 spiro atoms. The van der Waals surface area contributed by atoms with Gasteiger partial charge in [0.15, 0.2) is 9.84 Å². The number of pyridine rings is 1. The van der Waals surface area contributed by atoms with E-state index in [2.05, 4.69) is 10.3 Å². The van der Waals surface area contributed by atoms with Crippen molar-refractivity contribution >= 4 is 21.7 Å². The topological polar surface area (TPSA) is 99.7 Å². The summed E-state index contributed by atoms with van der Waals surface area (Å²) in [5, 5.41) is 2.74. The molecule has 2 heterocycles. The van der Waals surface area contributed by atoms with Gasteiger partial charge in [-0.2, -0.15) is 0 Å². The molecule has 0 aliphatic carbocycles. The Morgan fingerprint density at radius 3 is 2.52 bits per heavy atom. The average Bonchev–Trinajstić information content (AvgIpc) is 2.93. The van der Waals surface area contributed by atoms with Gasteiger partial charge < -0.3 is 15.1 Å². The third kappa shape index (κ3) is 5.23. The van der Waals surface area contributed by atoms with Crippen LogP contribution in [0.1, 0.15) is 27.4 Å². The number of nitrogens with one attached hydrogen (secondary N) is 1. The monoisotopic (exact) mass is 368 g/mol. The number of sulfone groups is 1. The predicted molar refractivity (Wildman–Crippen MR) is 94.3 cm³/mol. The van der Waals surface area contributed by atoms with Crippen LogP contribution in [0.15, 0.2) is 18.2 Å². The summed E-state index contributed by atoms with van der Waals surface area (Å²) in [6.07, 6.45) is 0.426. The lowest BCUT2D eigenvalue weighted by molar-refractivity contribution is 0.0741. The zero-order valence-corrected chi connectivity index (χ0v) is 15.5. The molecule has 1 atom stereocenters. The highest BCUT2D eigenvalue weighted by Crippen LogP contribution is 2.18. The fourth-order valence-electron chi connectivity index (χ4n) is 2.59. The molecule has 1 unspecified atom stereocenters. The minimum atomic E-state index is -3.08. The molecule has 9 heteroatoms. The normalized spacial score (nSPS) is 19.0. The Kier molecular flexibility index (Phi) is 6.12. The second-order valence-corrected chi connectivity index (χ2v) is 8.67. The van der Waals surface area contributed by atoms with E-state index >= 15 is 0 Å². The van der Waals surface area contributed by atoms with Gasteiger partial charge in [-0.1, -0.05) is 6.07 Å². The van der Waals surface area contributed by atoms with E-state index in [1.54, 1.807) is 19.2 Å². The summed E-state index contributed by atoms with van der Waals surface area (Å²) in [6, 6.07) is 4.32. The van der Waals surface area contributed by atoms with E-state index in [1.165, 1.54) is 11.0 Å². The lowest BCUT2D eigenvalue weighted by atomic mass is 10.2. The van der Waals surface area contributed by atoms with Gasteiger partial charge in [0.05, 0.1) is 11.5 Å². The van der Waals surface area contributed by atoms with Gasteiger partial charge in [-0.15, -0.1) is 0 Å². The first-order valence-corrected chi connectivity index (χ1v) is 9.89. The molecule has 1 aromatic rings. The minimum Gasteiger partial charge on any atom is -0.349 e. The van der Waals surface area contributed by atoms with Gasteiger partial charge in [0.25, 0.3) is 11.8 Å². The average molecular weight is 368 g/mol. The van der Waals surface area contributed by atoms with Crippen molar-refractivity contribution in [3.8, 4) is 0 Å². The first kappa shape index (κ1) is 19.3. The minimum absolute atomic E-state index is 0.0278. The van der Waals surface area contributed by atoms with Crippen molar-refractivity contribution < 1.29 is 18.0 Å². The van der Waals surface area contributed by atoms with E-state index in [-0.39, 0.29) is 40.7 Å². The van der Waals surface area contributed by atoms with Gasteiger partial charge in [0.2, 0.25) is 0 Å². The summed E-state index contributed by atoms with van der Waals surface area (Å²) in [7, 11) is 2.30. The molecule has 2 rings (SSSR count). The summed E-state index contributed by atoms with van der Waals surface area (Å²) < 4.78 is 23.2. The van der Waals surface area contributed by atoms with Gasteiger partial charge >= 0.3 is 0 Å². The number of hydrogen-bond donors (Lipinski definition) is 1. The first-order valence-electron chi connectivity index (χ1n) is 8.07. The molecule has 0 radical (unpaired) electrons. The largest absolute Gasteiger partial charge is 0.349 e. The zero-order chi connectivity index (χ0) is 18.6. The van der Waals surface area contributed by atoms with Crippen LogP contribution in [0.2, 0.25) is 0 Å². The van der Waals surface area contributed by atoms with E-state index in [4.69, 9.17) is 0 Å². The summed E-state index contributed by atoms with van der Waals surface area (Å²) >= 11 is 0. The van der Waals surface area contributed by atoms with Crippen LogP contribution in [0.4, 0.5) is 0 Å². The molecular weight excluding hydrogens is 344 g/mol. The number of rotatable bonds is 6. The molecule has 1 N–H and O–H groups in total. The highest BCUT2D eigenvalue weighted by molar-refractivity contribution is 7.91. The van der Waals surface area contributed by atoms with Crippen molar-refractivity contribution in [2.75, 3.05) is 45.7 Å². The van der Waals surface area contributed by atoms with Crippen LogP contribution in [0.5, 0.6) is 0 Å². The lowest BCUT2D eigenvalue weighted by Crippen LogP contribution is -2.38. The van der Waals surface area contributed by atoms with Crippen molar-refractivity contribution in [1.82, 2.24) is 20.1 Å². The second-order valence-electron chi connectivity index (χ2n) is 6.44. The molecule has 1 aliphatic heterocycles. The zero-order valence-electron chi connectivity index (χ0n) is 14.7. The van der Waals surface area contributed by atoms with Gasteiger partial charge in [0.1, 0.15) is 11.4 Å². The Hall–Kier alpha value is -2.00.